The first kappa shape index (κ1) is 26.3. The van der Waals surface area contributed by atoms with Crippen molar-refractivity contribution >= 4 is 60.5 Å². The van der Waals surface area contributed by atoms with Gasteiger partial charge in [-0.3, -0.25) is 0 Å². The molecule has 0 aliphatic rings. The van der Waals surface area contributed by atoms with E-state index in [1.165, 1.54) is 43.8 Å². The van der Waals surface area contributed by atoms with Crippen molar-refractivity contribution in [3.05, 3.63) is 176 Å². The molecule has 8 aromatic carbocycles. The van der Waals surface area contributed by atoms with Crippen LogP contribution in [-0.2, 0) is 0 Å². The van der Waals surface area contributed by atoms with Gasteiger partial charge in [0.2, 0.25) is 0 Å². The van der Waals surface area contributed by atoms with E-state index in [0.717, 1.165) is 39.0 Å². The van der Waals surface area contributed by atoms with Gasteiger partial charge in [0, 0.05) is 27.8 Å². The zero-order chi connectivity index (χ0) is 30.5. The van der Waals surface area contributed by atoms with Crippen molar-refractivity contribution < 1.29 is 4.42 Å². The Morgan fingerprint density at radius 1 is 0.348 bits per heavy atom. The van der Waals surface area contributed by atoms with Gasteiger partial charge in [-0.05, 0) is 92.3 Å². The molecule has 0 spiro atoms. The number of hydrogen-bond acceptors (Lipinski definition) is 2. The average Bonchev–Trinajstić information content (AvgIpc) is 3.52. The van der Waals surface area contributed by atoms with Crippen molar-refractivity contribution in [2.24, 2.45) is 0 Å². The molecule has 0 saturated carbocycles. The first-order chi connectivity index (χ1) is 22.8. The monoisotopic (exact) mass is 587 g/mol. The lowest BCUT2D eigenvalue weighted by Crippen LogP contribution is -2.10. The van der Waals surface area contributed by atoms with Gasteiger partial charge in [-0.1, -0.05) is 127 Å². The number of rotatable bonds is 5. The lowest BCUT2D eigenvalue weighted by Gasteiger charge is -2.27. The molecule has 0 radical (unpaired) electrons. The summed E-state index contributed by atoms with van der Waals surface area (Å²) >= 11 is 0. The predicted octanol–water partition coefficient (Wildman–Crippen LogP) is 12.7. The van der Waals surface area contributed by atoms with Crippen molar-refractivity contribution in [3.63, 3.8) is 0 Å². The van der Waals surface area contributed by atoms with E-state index in [-0.39, 0.29) is 0 Å². The van der Waals surface area contributed by atoms with Gasteiger partial charge in [0.25, 0.3) is 0 Å². The molecule has 0 aliphatic heterocycles. The molecule has 0 amide bonds. The lowest BCUT2D eigenvalue weighted by molar-refractivity contribution is 0.669. The van der Waals surface area contributed by atoms with Gasteiger partial charge in [0.15, 0.2) is 0 Å². The quantitative estimate of drug-likeness (QED) is 0.199. The Labute approximate surface area is 267 Å². The Bertz CT molecular complexity index is 2520. The van der Waals surface area contributed by atoms with Gasteiger partial charge < -0.3 is 9.32 Å². The summed E-state index contributed by atoms with van der Waals surface area (Å²) in [5.74, 6) is 0. The highest BCUT2D eigenvalue weighted by atomic mass is 16.3. The van der Waals surface area contributed by atoms with Crippen molar-refractivity contribution in [1.82, 2.24) is 0 Å². The van der Waals surface area contributed by atoms with Crippen molar-refractivity contribution in [1.29, 1.82) is 0 Å². The summed E-state index contributed by atoms with van der Waals surface area (Å²) in [6.07, 6.45) is 0. The van der Waals surface area contributed by atoms with Crippen LogP contribution < -0.4 is 4.90 Å². The molecule has 1 aromatic heterocycles. The van der Waals surface area contributed by atoms with Crippen LogP contribution in [0.1, 0.15) is 0 Å². The normalized spacial score (nSPS) is 11.5. The summed E-state index contributed by atoms with van der Waals surface area (Å²) in [6.45, 7) is 0. The van der Waals surface area contributed by atoms with E-state index in [4.69, 9.17) is 4.42 Å². The molecule has 2 heteroatoms. The van der Waals surface area contributed by atoms with Crippen LogP contribution >= 0.6 is 0 Å². The van der Waals surface area contributed by atoms with E-state index in [1.54, 1.807) is 0 Å². The highest BCUT2D eigenvalue weighted by molar-refractivity contribution is 6.19. The number of hydrogen-bond donors (Lipinski definition) is 0. The van der Waals surface area contributed by atoms with E-state index in [0.29, 0.717) is 0 Å². The second-order valence-corrected chi connectivity index (χ2v) is 11.8. The molecule has 0 atom stereocenters. The average molecular weight is 588 g/mol. The van der Waals surface area contributed by atoms with Gasteiger partial charge >= 0.3 is 0 Å². The van der Waals surface area contributed by atoms with Crippen LogP contribution in [0.15, 0.2) is 180 Å². The fourth-order valence-electron chi connectivity index (χ4n) is 6.84. The van der Waals surface area contributed by atoms with Crippen LogP contribution in [0.3, 0.4) is 0 Å². The van der Waals surface area contributed by atoms with Crippen LogP contribution in [0.4, 0.5) is 17.1 Å². The molecule has 0 aliphatic carbocycles. The Morgan fingerprint density at radius 2 is 1.00 bits per heavy atom. The smallest absolute Gasteiger partial charge is 0.136 e. The minimum absolute atomic E-state index is 0.905. The third kappa shape index (κ3) is 4.43. The zero-order valence-corrected chi connectivity index (χ0v) is 25.1. The number of anilines is 3. The Kier molecular flexibility index (Phi) is 6.17. The molecule has 1 heterocycles. The standard InChI is InChI=1S/C44H29NO/c1-2-10-30(11-3-1)34-14-8-15-36(28-34)45(35-24-20-32(21-25-35)39-18-9-13-31-12-4-5-16-38(31)39)37-26-22-33-23-27-43-44(41(33)29-37)40-17-6-7-19-42(40)46-43/h1-29H. The predicted molar refractivity (Wildman–Crippen MR) is 194 cm³/mol. The number of benzene rings is 8. The molecule has 0 saturated heterocycles. The van der Waals surface area contributed by atoms with Gasteiger partial charge in [-0.2, -0.15) is 0 Å². The molecule has 2 nitrogen and oxygen atoms in total. The van der Waals surface area contributed by atoms with Gasteiger partial charge in [-0.25, -0.2) is 0 Å². The van der Waals surface area contributed by atoms with Crippen molar-refractivity contribution in [2.45, 2.75) is 0 Å². The van der Waals surface area contributed by atoms with E-state index in [2.05, 4.69) is 169 Å². The maximum Gasteiger partial charge on any atom is 0.136 e. The van der Waals surface area contributed by atoms with E-state index in [1.807, 2.05) is 12.1 Å². The topological polar surface area (TPSA) is 16.4 Å². The van der Waals surface area contributed by atoms with Crippen LogP contribution in [0.5, 0.6) is 0 Å². The summed E-state index contributed by atoms with van der Waals surface area (Å²) in [7, 11) is 0. The van der Waals surface area contributed by atoms with Gasteiger partial charge in [0.05, 0.1) is 0 Å². The van der Waals surface area contributed by atoms with Crippen LogP contribution in [0.2, 0.25) is 0 Å². The molecular weight excluding hydrogens is 558 g/mol. The summed E-state index contributed by atoms with van der Waals surface area (Å²) in [4.78, 5) is 2.36. The molecule has 46 heavy (non-hydrogen) atoms. The molecule has 0 unspecified atom stereocenters. The number of nitrogens with zero attached hydrogens (tertiary/aromatic N) is 1. The fourth-order valence-corrected chi connectivity index (χ4v) is 6.84. The van der Waals surface area contributed by atoms with E-state index < -0.39 is 0 Å². The Balaban J connectivity index is 1.23. The SMILES string of the molecule is c1ccc(-c2cccc(N(c3ccc(-c4cccc5ccccc45)cc3)c3ccc4ccc5oc6ccccc6c5c4c3)c2)cc1. The molecule has 216 valence electrons. The highest BCUT2D eigenvalue weighted by Gasteiger charge is 2.17. The lowest BCUT2D eigenvalue weighted by atomic mass is 9.98. The molecule has 9 rings (SSSR count). The van der Waals surface area contributed by atoms with Gasteiger partial charge in [0.1, 0.15) is 11.2 Å². The summed E-state index contributed by atoms with van der Waals surface area (Å²) in [5.41, 5.74) is 9.91. The molecule has 0 fully saturated rings. The Hall–Kier alpha value is -6.12. The Morgan fingerprint density at radius 3 is 1.89 bits per heavy atom. The highest BCUT2D eigenvalue weighted by Crippen LogP contribution is 2.41. The van der Waals surface area contributed by atoms with Crippen LogP contribution in [-0.4, -0.2) is 0 Å². The largest absolute Gasteiger partial charge is 0.456 e. The third-order valence-electron chi connectivity index (χ3n) is 9.04. The fraction of sp³-hybridized carbons (Fsp3) is 0. The second-order valence-electron chi connectivity index (χ2n) is 11.8. The summed E-state index contributed by atoms with van der Waals surface area (Å²) in [6, 6.07) is 62.8. The molecule has 9 aromatic rings. The molecular formula is C44H29NO. The minimum atomic E-state index is 0.905. The molecule has 0 N–H and O–H groups in total. The van der Waals surface area contributed by atoms with Gasteiger partial charge in [-0.15, -0.1) is 0 Å². The third-order valence-corrected chi connectivity index (χ3v) is 9.04. The number of para-hydroxylation sites is 1. The number of fused-ring (bicyclic) bond motifs is 6. The summed E-state index contributed by atoms with van der Waals surface area (Å²) in [5, 5.41) is 7.16. The van der Waals surface area contributed by atoms with E-state index >= 15 is 0 Å². The van der Waals surface area contributed by atoms with Crippen LogP contribution in [0.25, 0.3) is 65.7 Å². The second kappa shape index (κ2) is 10.8. The zero-order valence-electron chi connectivity index (χ0n) is 25.1. The summed E-state index contributed by atoms with van der Waals surface area (Å²) < 4.78 is 6.27. The maximum absolute atomic E-state index is 6.27. The first-order valence-electron chi connectivity index (χ1n) is 15.7. The van der Waals surface area contributed by atoms with Crippen LogP contribution in [0, 0.1) is 0 Å². The molecule has 0 bridgehead atoms. The van der Waals surface area contributed by atoms with Crippen molar-refractivity contribution in [3.8, 4) is 22.3 Å². The van der Waals surface area contributed by atoms with E-state index in [9.17, 15) is 0 Å². The first-order valence-corrected chi connectivity index (χ1v) is 15.7. The minimum Gasteiger partial charge on any atom is -0.456 e. The maximum atomic E-state index is 6.27. The van der Waals surface area contributed by atoms with Crippen molar-refractivity contribution in [2.75, 3.05) is 4.90 Å². The number of furan rings is 1.